The second-order valence-electron chi connectivity index (χ2n) is 13.4. The standard InChI is InChI=1S/C29H37N2O.C14H17N.C2H6/c1-9-20-22-13-14-23-21(10-2)28(30-18(5)6)32-27(23)26(22)25-17-19(29(7,8)12-4)15-16-31(25)24(20)11-3;1-4-8-13-9-6-7-10-14(13)12(3)15-11-5-2;1-2/h10,13-17,20,24H,2,9,11-12H2,1,3-8H3;5-7,10-11,13H,9H2,1-3H3;1-2H3/q+1;;/b;11-5-,15-12?;. The highest BCUT2D eigenvalue weighted by Crippen LogP contribution is 2.48. The monoisotopic (exact) mass is 658 g/mol. The minimum atomic E-state index is 0.122. The van der Waals surface area contributed by atoms with Gasteiger partial charge in [0.2, 0.25) is 11.6 Å². The zero-order chi connectivity index (χ0) is 36.3. The lowest BCUT2D eigenvalue weighted by atomic mass is 9.77. The third-order valence-corrected chi connectivity index (χ3v) is 9.74. The molecule has 2 aromatic heterocycles. The van der Waals surface area contributed by atoms with Crippen molar-refractivity contribution in [3.05, 3.63) is 89.8 Å². The average Bonchev–Trinajstić information content (AvgIpc) is 3.47. The molecule has 3 unspecified atom stereocenters. The molecule has 0 spiro atoms. The van der Waals surface area contributed by atoms with Gasteiger partial charge in [0.25, 0.3) is 0 Å². The number of hydrogen-bond donors (Lipinski definition) is 0. The fourth-order valence-electron chi connectivity index (χ4n) is 6.81. The van der Waals surface area contributed by atoms with Gasteiger partial charge in [0.15, 0.2) is 17.8 Å². The number of aliphatic imine (C=N–C) groups is 2. The molecule has 0 N–H and O–H groups in total. The van der Waals surface area contributed by atoms with E-state index in [9.17, 15) is 0 Å². The van der Waals surface area contributed by atoms with Crippen LogP contribution in [0, 0.1) is 17.8 Å². The van der Waals surface area contributed by atoms with E-state index >= 15 is 0 Å². The smallest absolute Gasteiger partial charge is 0.227 e. The summed E-state index contributed by atoms with van der Waals surface area (Å²) >= 11 is 0. The van der Waals surface area contributed by atoms with E-state index in [-0.39, 0.29) is 5.41 Å². The summed E-state index contributed by atoms with van der Waals surface area (Å²) in [6.07, 6.45) is 18.6. The van der Waals surface area contributed by atoms with Crippen LogP contribution in [0.15, 0.2) is 87.5 Å². The van der Waals surface area contributed by atoms with E-state index in [4.69, 9.17) is 4.42 Å². The van der Waals surface area contributed by atoms with Gasteiger partial charge in [0.1, 0.15) is 0 Å². The SMILES string of the molecule is C=Cc1c(N=C(C)C)oc2c3c(ccc12)C(CC)C(CC)[n+]1ccc(C(C)(C)CC)cc1-3.CC.CC#CC1CC=CC=C1C(C)=N/C=C\C. The molecule has 49 heavy (non-hydrogen) atoms. The minimum Gasteiger partial charge on any atom is -0.437 e. The number of allylic oxidation sites excluding steroid dienone is 5. The molecule has 0 saturated carbocycles. The van der Waals surface area contributed by atoms with Crippen molar-refractivity contribution < 1.29 is 8.98 Å². The van der Waals surface area contributed by atoms with Gasteiger partial charge < -0.3 is 4.42 Å². The third kappa shape index (κ3) is 8.50. The second kappa shape index (κ2) is 18.0. The fraction of sp³-hybridized carbons (Fsp3) is 0.444. The van der Waals surface area contributed by atoms with Crippen molar-refractivity contribution in [3.8, 4) is 23.1 Å². The summed E-state index contributed by atoms with van der Waals surface area (Å²) in [5, 5.41) is 1.09. The van der Waals surface area contributed by atoms with E-state index in [1.165, 1.54) is 28.0 Å². The van der Waals surface area contributed by atoms with Crippen LogP contribution in [-0.4, -0.2) is 11.4 Å². The predicted octanol–water partition coefficient (Wildman–Crippen LogP) is 12.8. The lowest BCUT2D eigenvalue weighted by molar-refractivity contribution is -0.718. The van der Waals surface area contributed by atoms with Gasteiger partial charge in [0.05, 0.1) is 11.5 Å². The summed E-state index contributed by atoms with van der Waals surface area (Å²) in [5.74, 6) is 7.63. The molecule has 2 aliphatic rings. The quantitative estimate of drug-likeness (QED) is 0.135. The van der Waals surface area contributed by atoms with Crippen molar-refractivity contribution >= 4 is 34.4 Å². The van der Waals surface area contributed by atoms with Crippen LogP contribution in [0.1, 0.15) is 137 Å². The maximum Gasteiger partial charge on any atom is 0.227 e. The van der Waals surface area contributed by atoms with Crippen LogP contribution >= 0.6 is 0 Å². The molecule has 4 nitrogen and oxygen atoms in total. The van der Waals surface area contributed by atoms with Crippen molar-refractivity contribution in [1.82, 2.24) is 0 Å². The zero-order valence-electron chi connectivity index (χ0n) is 32.4. The summed E-state index contributed by atoms with van der Waals surface area (Å²) in [6.45, 7) is 29.5. The third-order valence-electron chi connectivity index (χ3n) is 9.74. The first-order valence-corrected chi connectivity index (χ1v) is 18.3. The van der Waals surface area contributed by atoms with Crippen molar-refractivity contribution in [2.24, 2.45) is 15.9 Å². The molecular formula is C45H60N3O+. The maximum absolute atomic E-state index is 6.50. The Bertz CT molecular complexity index is 1830. The number of pyridine rings is 1. The highest BCUT2D eigenvalue weighted by molar-refractivity contribution is 6.02. The van der Waals surface area contributed by atoms with E-state index in [0.29, 0.717) is 23.8 Å². The average molecular weight is 659 g/mol. The van der Waals surface area contributed by atoms with E-state index in [1.807, 2.05) is 66.8 Å². The van der Waals surface area contributed by atoms with E-state index in [1.54, 1.807) is 0 Å². The maximum atomic E-state index is 6.50. The Morgan fingerprint density at radius 2 is 1.84 bits per heavy atom. The van der Waals surface area contributed by atoms with Gasteiger partial charge >= 0.3 is 0 Å². The first-order chi connectivity index (χ1) is 23.6. The van der Waals surface area contributed by atoms with Crippen LogP contribution < -0.4 is 4.57 Å². The molecule has 0 amide bonds. The van der Waals surface area contributed by atoms with Crippen molar-refractivity contribution in [3.63, 3.8) is 0 Å². The van der Waals surface area contributed by atoms with Gasteiger partial charge in [-0.05, 0) is 76.0 Å². The largest absolute Gasteiger partial charge is 0.437 e. The van der Waals surface area contributed by atoms with Gasteiger partial charge in [-0.25, -0.2) is 4.99 Å². The summed E-state index contributed by atoms with van der Waals surface area (Å²) in [5.41, 5.74) is 10.6. The Kier molecular flexibility index (Phi) is 14.4. The van der Waals surface area contributed by atoms with Crippen LogP contribution in [0.3, 0.4) is 0 Å². The minimum absolute atomic E-state index is 0.122. The van der Waals surface area contributed by atoms with Crippen LogP contribution in [0.2, 0.25) is 0 Å². The summed E-state index contributed by atoms with van der Waals surface area (Å²) in [6, 6.07) is 9.71. The van der Waals surface area contributed by atoms with Crippen LogP contribution in [0.4, 0.5) is 5.88 Å². The van der Waals surface area contributed by atoms with Crippen LogP contribution in [0.5, 0.6) is 0 Å². The Labute approximate surface area is 297 Å². The van der Waals surface area contributed by atoms with E-state index < -0.39 is 0 Å². The van der Waals surface area contributed by atoms with Crippen LogP contribution in [-0.2, 0) is 5.41 Å². The van der Waals surface area contributed by atoms with E-state index in [2.05, 4.69) is 116 Å². The molecule has 260 valence electrons. The molecule has 0 fully saturated rings. The fourth-order valence-corrected chi connectivity index (χ4v) is 6.81. The number of aromatic nitrogens is 1. The van der Waals surface area contributed by atoms with Gasteiger partial charge in [-0.15, -0.1) is 5.92 Å². The molecule has 0 radical (unpaired) electrons. The highest BCUT2D eigenvalue weighted by atomic mass is 16.3. The molecule has 3 atom stereocenters. The highest BCUT2D eigenvalue weighted by Gasteiger charge is 2.41. The molecule has 0 bridgehead atoms. The predicted molar refractivity (Wildman–Crippen MR) is 214 cm³/mol. The van der Waals surface area contributed by atoms with Crippen LogP contribution in [0.25, 0.3) is 28.3 Å². The Morgan fingerprint density at radius 1 is 1.10 bits per heavy atom. The normalized spacial score (nSPS) is 18.2. The lowest BCUT2D eigenvalue weighted by Gasteiger charge is -2.31. The van der Waals surface area contributed by atoms with Crippen molar-refractivity contribution in [1.29, 1.82) is 0 Å². The molecular weight excluding hydrogens is 599 g/mol. The van der Waals surface area contributed by atoms with Crippen molar-refractivity contribution in [2.45, 2.75) is 126 Å². The molecule has 4 heteroatoms. The Hall–Kier alpha value is -4.23. The summed E-state index contributed by atoms with van der Waals surface area (Å²) < 4.78 is 8.99. The number of benzene rings is 1. The van der Waals surface area contributed by atoms with Gasteiger partial charge in [-0.2, -0.15) is 4.57 Å². The lowest BCUT2D eigenvalue weighted by Crippen LogP contribution is -2.47. The summed E-state index contributed by atoms with van der Waals surface area (Å²) in [4.78, 5) is 9.05. The molecule has 1 aliphatic heterocycles. The first-order valence-electron chi connectivity index (χ1n) is 18.3. The first kappa shape index (κ1) is 39.2. The summed E-state index contributed by atoms with van der Waals surface area (Å²) in [7, 11) is 0. The topological polar surface area (TPSA) is 41.7 Å². The van der Waals surface area contributed by atoms with Gasteiger partial charge in [-0.1, -0.05) is 103 Å². The van der Waals surface area contributed by atoms with Gasteiger partial charge in [0, 0.05) is 53.0 Å². The van der Waals surface area contributed by atoms with E-state index in [0.717, 1.165) is 53.6 Å². The number of nitrogens with zero attached hydrogens (tertiary/aromatic N) is 3. The van der Waals surface area contributed by atoms with Gasteiger partial charge in [-0.3, -0.25) is 4.99 Å². The Balaban J connectivity index is 0.000000321. The second-order valence-corrected chi connectivity index (χ2v) is 13.4. The molecule has 3 heterocycles. The molecule has 1 aliphatic carbocycles. The van der Waals surface area contributed by atoms with Crippen molar-refractivity contribution in [2.75, 3.05) is 0 Å². The number of hydrogen-bond acceptors (Lipinski definition) is 3. The number of rotatable bonds is 8. The zero-order valence-corrected chi connectivity index (χ0v) is 32.4. The molecule has 3 aromatic rings. The number of furan rings is 1. The molecule has 1 aromatic carbocycles. The molecule has 5 rings (SSSR count). The molecule has 0 saturated heterocycles. The number of fused-ring (bicyclic) bond motifs is 5. The Morgan fingerprint density at radius 3 is 2.43 bits per heavy atom.